The quantitative estimate of drug-likeness (QED) is 0.573. The van der Waals surface area contributed by atoms with Gasteiger partial charge < -0.3 is 9.47 Å². The van der Waals surface area contributed by atoms with Gasteiger partial charge in [-0.1, -0.05) is 12.7 Å². The van der Waals surface area contributed by atoms with E-state index in [0.29, 0.717) is 11.1 Å². The molecular formula is C12H12O4. The van der Waals surface area contributed by atoms with Crippen LogP contribution < -0.4 is 0 Å². The van der Waals surface area contributed by atoms with Crippen LogP contribution in [-0.4, -0.2) is 25.7 Å². The Morgan fingerprint density at radius 1 is 1.19 bits per heavy atom. The van der Waals surface area contributed by atoms with Crippen molar-refractivity contribution in [2.24, 2.45) is 0 Å². The first-order valence-corrected chi connectivity index (χ1v) is 4.65. The number of rotatable bonds is 4. The van der Waals surface area contributed by atoms with Crippen molar-refractivity contribution in [3.05, 3.63) is 48.0 Å². The first-order chi connectivity index (χ1) is 7.69. The minimum absolute atomic E-state index is 0.164. The van der Waals surface area contributed by atoms with Gasteiger partial charge in [0.2, 0.25) is 0 Å². The molecule has 16 heavy (non-hydrogen) atoms. The van der Waals surface area contributed by atoms with Gasteiger partial charge in [0.1, 0.15) is 6.61 Å². The summed E-state index contributed by atoms with van der Waals surface area (Å²) >= 11 is 0. The van der Waals surface area contributed by atoms with E-state index >= 15 is 0 Å². The van der Waals surface area contributed by atoms with Gasteiger partial charge in [-0.15, -0.1) is 0 Å². The van der Waals surface area contributed by atoms with E-state index in [1.807, 2.05) is 0 Å². The molecule has 0 aliphatic carbocycles. The number of hydrogen-bond acceptors (Lipinski definition) is 4. The second-order valence-corrected chi connectivity index (χ2v) is 2.96. The largest absolute Gasteiger partial charge is 0.465 e. The van der Waals surface area contributed by atoms with Crippen LogP contribution >= 0.6 is 0 Å². The highest BCUT2D eigenvalue weighted by molar-refractivity contribution is 5.93. The van der Waals surface area contributed by atoms with Crippen molar-refractivity contribution >= 4 is 11.9 Å². The lowest BCUT2D eigenvalue weighted by atomic mass is 10.1. The molecular weight excluding hydrogens is 208 g/mol. The summed E-state index contributed by atoms with van der Waals surface area (Å²) in [5.74, 6) is -0.887. The number of carbonyl (C=O) groups is 2. The van der Waals surface area contributed by atoms with Crippen molar-refractivity contribution in [3.63, 3.8) is 0 Å². The van der Waals surface area contributed by atoms with Crippen LogP contribution in [0.2, 0.25) is 0 Å². The second kappa shape index (κ2) is 5.70. The van der Waals surface area contributed by atoms with E-state index < -0.39 is 11.9 Å². The van der Waals surface area contributed by atoms with Crippen LogP contribution in [0.4, 0.5) is 0 Å². The van der Waals surface area contributed by atoms with Crippen molar-refractivity contribution < 1.29 is 19.1 Å². The summed E-state index contributed by atoms with van der Waals surface area (Å²) in [6.07, 6.45) is 1.49. The molecule has 0 aromatic heterocycles. The third-order valence-electron chi connectivity index (χ3n) is 1.87. The number of methoxy groups -OCH3 is 1. The molecule has 0 N–H and O–H groups in total. The minimum Gasteiger partial charge on any atom is -0.465 e. The number of carbonyl (C=O) groups excluding carboxylic acids is 2. The fraction of sp³-hybridized carbons (Fsp3) is 0.167. The molecule has 1 aromatic carbocycles. The van der Waals surface area contributed by atoms with Crippen LogP contribution in [0.25, 0.3) is 0 Å². The van der Waals surface area contributed by atoms with Gasteiger partial charge in [0.25, 0.3) is 0 Å². The van der Waals surface area contributed by atoms with Crippen LogP contribution in [0.15, 0.2) is 36.9 Å². The Bertz CT molecular complexity index is 392. The topological polar surface area (TPSA) is 52.6 Å². The summed E-state index contributed by atoms with van der Waals surface area (Å²) in [4.78, 5) is 22.5. The minimum atomic E-state index is -0.448. The molecule has 0 saturated heterocycles. The Labute approximate surface area is 93.5 Å². The lowest BCUT2D eigenvalue weighted by Gasteiger charge is -2.02. The standard InChI is InChI=1S/C12H12O4/c1-3-8-16-12(14)10-6-4-9(5-7-10)11(13)15-2/h3-7H,1,8H2,2H3. The summed E-state index contributed by atoms with van der Waals surface area (Å²) in [5, 5.41) is 0. The van der Waals surface area contributed by atoms with Crippen molar-refractivity contribution in [1.82, 2.24) is 0 Å². The molecule has 0 spiro atoms. The molecule has 1 rings (SSSR count). The summed E-state index contributed by atoms with van der Waals surface area (Å²) < 4.78 is 9.36. The maximum Gasteiger partial charge on any atom is 0.338 e. The Balaban J connectivity index is 2.74. The van der Waals surface area contributed by atoms with Gasteiger partial charge in [-0.25, -0.2) is 9.59 Å². The highest BCUT2D eigenvalue weighted by Gasteiger charge is 2.09. The lowest BCUT2D eigenvalue weighted by molar-refractivity contribution is 0.0546. The van der Waals surface area contributed by atoms with E-state index in [4.69, 9.17) is 4.74 Å². The maximum atomic E-state index is 11.4. The fourth-order valence-corrected chi connectivity index (χ4v) is 1.08. The van der Waals surface area contributed by atoms with Gasteiger partial charge in [0.15, 0.2) is 0 Å². The summed E-state index contributed by atoms with van der Waals surface area (Å²) in [7, 11) is 1.30. The zero-order valence-electron chi connectivity index (χ0n) is 8.93. The van der Waals surface area contributed by atoms with Gasteiger partial charge in [-0.05, 0) is 24.3 Å². The third kappa shape index (κ3) is 2.95. The van der Waals surface area contributed by atoms with Crippen molar-refractivity contribution in [1.29, 1.82) is 0 Å². The molecule has 4 heteroatoms. The van der Waals surface area contributed by atoms with Gasteiger partial charge in [-0.2, -0.15) is 0 Å². The van der Waals surface area contributed by atoms with E-state index in [0.717, 1.165) is 0 Å². The maximum absolute atomic E-state index is 11.4. The third-order valence-corrected chi connectivity index (χ3v) is 1.87. The number of benzene rings is 1. The first kappa shape index (κ1) is 12.0. The molecule has 1 aromatic rings. The summed E-state index contributed by atoms with van der Waals surface area (Å²) in [6.45, 7) is 3.60. The normalized spacial score (nSPS) is 9.31. The molecule has 0 amide bonds. The van der Waals surface area contributed by atoms with Gasteiger partial charge in [0, 0.05) is 0 Å². The second-order valence-electron chi connectivity index (χ2n) is 2.96. The van der Waals surface area contributed by atoms with Gasteiger partial charge in [0.05, 0.1) is 18.2 Å². The van der Waals surface area contributed by atoms with E-state index in [1.165, 1.54) is 37.5 Å². The predicted molar refractivity (Wildman–Crippen MR) is 58.3 cm³/mol. The number of esters is 2. The molecule has 0 atom stereocenters. The van der Waals surface area contributed by atoms with Crippen LogP contribution in [0, 0.1) is 0 Å². The highest BCUT2D eigenvalue weighted by Crippen LogP contribution is 2.07. The summed E-state index contributed by atoms with van der Waals surface area (Å²) in [5.41, 5.74) is 0.775. The Morgan fingerprint density at radius 3 is 2.12 bits per heavy atom. The monoisotopic (exact) mass is 220 g/mol. The number of hydrogen-bond donors (Lipinski definition) is 0. The average Bonchev–Trinajstić information content (AvgIpc) is 2.35. The SMILES string of the molecule is C=CCOC(=O)c1ccc(C(=O)OC)cc1. The molecule has 0 aliphatic heterocycles. The predicted octanol–water partition coefficient (Wildman–Crippen LogP) is 1.82. The Hall–Kier alpha value is -2.10. The molecule has 84 valence electrons. The van der Waals surface area contributed by atoms with Crippen molar-refractivity contribution in [2.45, 2.75) is 0 Å². The Kier molecular flexibility index (Phi) is 4.27. The smallest absolute Gasteiger partial charge is 0.338 e. The molecule has 0 bridgehead atoms. The van der Waals surface area contributed by atoms with Crippen LogP contribution in [0.5, 0.6) is 0 Å². The molecule has 4 nitrogen and oxygen atoms in total. The zero-order valence-corrected chi connectivity index (χ0v) is 8.93. The number of ether oxygens (including phenoxy) is 2. The van der Waals surface area contributed by atoms with E-state index in [9.17, 15) is 9.59 Å². The van der Waals surface area contributed by atoms with E-state index in [2.05, 4.69) is 11.3 Å². The van der Waals surface area contributed by atoms with Crippen LogP contribution in [0.3, 0.4) is 0 Å². The van der Waals surface area contributed by atoms with Gasteiger partial charge >= 0.3 is 11.9 Å². The highest BCUT2D eigenvalue weighted by atomic mass is 16.5. The average molecular weight is 220 g/mol. The van der Waals surface area contributed by atoms with Crippen molar-refractivity contribution in [3.8, 4) is 0 Å². The van der Waals surface area contributed by atoms with E-state index in [1.54, 1.807) is 0 Å². The van der Waals surface area contributed by atoms with Crippen molar-refractivity contribution in [2.75, 3.05) is 13.7 Å². The molecule has 0 fully saturated rings. The van der Waals surface area contributed by atoms with Gasteiger partial charge in [-0.3, -0.25) is 0 Å². The molecule has 0 unspecified atom stereocenters. The molecule has 0 saturated carbocycles. The molecule has 0 heterocycles. The van der Waals surface area contributed by atoms with Crippen LogP contribution in [-0.2, 0) is 9.47 Å². The van der Waals surface area contributed by atoms with Crippen LogP contribution in [0.1, 0.15) is 20.7 Å². The summed E-state index contributed by atoms with van der Waals surface area (Å²) in [6, 6.07) is 6.04. The molecule has 0 aliphatic rings. The Morgan fingerprint density at radius 2 is 1.69 bits per heavy atom. The lowest BCUT2D eigenvalue weighted by Crippen LogP contribution is -2.06. The molecule has 0 radical (unpaired) electrons. The first-order valence-electron chi connectivity index (χ1n) is 4.65. The zero-order chi connectivity index (χ0) is 12.0. The fourth-order valence-electron chi connectivity index (χ4n) is 1.08. The van der Waals surface area contributed by atoms with E-state index in [-0.39, 0.29) is 6.61 Å².